The number of halogens is 1. The summed E-state index contributed by atoms with van der Waals surface area (Å²) in [6.07, 6.45) is 2.48. The molecule has 0 heterocycles. The molecule has 0 unspecified atom stereocenters. The molecule has 0 aromatic heterocycles. The maximum atomic E-state index is 5.12. The molecule has 1 rings (SSSR count). The molecule has 3 N–H and O–H groups in total. The number of rotatable bonds is 1. The van der Waals surface area contributed by atoms with Crippen molar-refractivity contribution in [1.82, 2.24) is 5.43 Å². The Morgan fingerprint density at radius 2 is 2.00 bits per heavy atom. The smallest absolute Gasteiger partial charge is 0.0294 e. The number of nitrogens with two attached hydrogens (primary N) is 1. The van der Waals surface area contributed by atoms with E-state index in [9.17, 15) is 0 Å². The van der Waals surface area contributed by atoms with Crippen molar-refractivity contribution in [3.63, 3.8) is 0 Å². The third-order valence-electron chi connectivity index (χ3n) is 1.35. The van der Waals surface area contributed by atoms with Gasteiger partial charge in [-0.15, -0.1) is 12.4 Å². The average molecular weight is 123 g/mol. The van der Waals surface area contributed by atoms with E-state index >= 15 is 0 Å². The Morgan fingerprint density at radius 3 is 2.00 bits per heavy atom. The third-order valence-corrected chi connectivity index (χ3v) is 1.35. The minimum atomic E-state index is 0. The first-order valence-electron chi connectivity index (χ1n) is 2.25. The molecule has 0 aromatic carbocycles. The lowest BCUT2D eigenvalue weighted by atomic mass is 10.4. The molecule has 2 nitrogen and oxygen atoms in total. The molecule has 0 aliphatic heterocycles. The van der Waals surface area contributed by atoms with Crippen LogP contribution in [0.1, 0.15) is 19.8 Å². The van der Waals surface area contributed by atoms with Crippen LogP contribution in [0.25, 0.3) is 0 Å². The van der Waals surface area contributed by atoms with Crippen molar-refractivity contribution in [1.29, 1.82) is 0 Å². The molecule has 1 fully saturated rings. The van der Waals surface area contributed by atoms with Gasteiger partial charge in [0.15, 0.2) is 0 Å². The monoisotopic (exact) mass is 122 g/mol. The summed E-state index contributed by atoms with van der Waals surface area (Å²) in [5.74, 6) is 5.12. The lowest BCUT2D eigenvalue weighted by molar-refractivity contribution is 0.562. The summed E-state index contributed by atoms with van der Waals surface area (Å²) in [4.78, 5) is 0. The van der Waals surface area contributed by atoms with Crippen molar-refractivity contribution in [3.8, 4) is 0 Å². The Morgan fingerprint density at radius 1 is 1.57 bits per heavy atom. The number of hydrogen-bond acceptors (Lipinski definition) is 2. The van der Waals surface area contributed by atoms with E-state index in [1.54, 1.807) is 0 Å². The second-order valence-corrected chi connectivity index (χ2v) is 2.20. The van der Waals surface area contributed by atoms with Gasteiger partial charge in [0.05, 0.1) is 0 Å². The van der Waals surface area contributed by atoms with Crippen LogP contribution >= 0.6 is 12.4 Å². The van der Waals surface area contributed by atoms with Gasteiger partial charge in [-0.05, 0) is 19.8 Å². The van der Waals surface area contributed by atoms with Gasteiger partial charge in [0.1, 0.15) is 0 Å². The molecule has 0 atom stereocenters. The van der Waals surface area contributed by atoms with Crippen LogP contribution in [0.3, 0.4) is 0 Å². The molecule has 0 spiro atoms. The zero-order valence-electron chi connectivity index (χ0n) is 4.40. The molecule has 0 aromatic rings. The van der Waals surface area contributed by atoms with Crippen LogP contribution in [-0.4, -0.2) is 5.54 Å². The predicted octanol–water partition coefficient (Wildman–Crippen LogP) is 0.424. The highest BCUT2D eigenvalue weighted by atomic mass is 35.5. The zero-order chi connectivity index (χ0) is 4.62. The van der Waals surface area contributed by atoms with Crippen molar-refractivity contribution >= 4 is 12.4 Å². The first-order valence-corrected chi connectivity index (χ1v) is 2.25. The van der Waals surface area contributed by atoms with E-state index in [0.717, 1.165) is 0 Å². The summed E-state index contributed by atoms with van der Waals surface area (Å²) in [7, 11) is 0. The largest absolute Gasteiger partial charge is 0.271 e. The fourth-order valence-electron chi connectivity index (χ4n) is 0.332. The maximum Gasteiger partial charge on any atom is 0.0294 e. The number of hydrazine groups is 1. The van der Waals surface area contributed by atoms with E-state index < -0.39 is 0 Å². The first kappa shape index (κ1) is 7.21. The second kappa shape index (κ2) is 1.99. The molecule has 0 bridgehead atoms. The van der Waals surface area contributed by atoms with Crippen LogP contribution in [0.2, 0.25) is 0 Å². The molecule has 44 valence electrons. The van der Waals surface area contributed by atoms with Crippen molar-refractivity contribution in [2.45, 2.75) is 25.3 Å². The summed E-state index contributed by atoms with van der Waals surface area (Å²) < 4.78 is 0. The Balaban J connectivity index is 0.000000360. The zero-order valence-corrected chi connectivity index (χ0v) is 5.22. The first-order chi connectivity index (χ1) is 2.77. The Kier molecular flexibility index (Phi) is 2.05. The van der Waals surface area contributed by atoms with Crippen LogP contribution in [0.5, 0.6) is 0 Å². The molecular weight excluding hydrogens is 112 g/mol. The van der Waals surface area contributed by atoms with Crippen LogP contribution in [0.4, 0.5) is 0 Å². The van der Waals surface area contributed by atoms with Gasteiger partial charge >= 0.3 is 0 Å². The van der Waals surface area contributed by atoms with Gasteiger partial charge in [-0.3, -0.25) is 11.3 Å². The topological polar surface area (TPSA) is 38.0 Å². The highest BCUT2D eigenvalue weighted by Crippen LogP contribution is 2.32. The molecule has 1 aliphatic carbocycles. The minimum Gasteiger partial charge on any atom is -0.271 e. The molecular formula is C4H11ClN2. The van der Waals surface area contributed by atoms with E-state index in [-0.39, 0.29) is 12.4 Å². The van der Waals surface area contributed by atoms with Crippen LogP contribution in [-0.2, 0) is 0 Å². The van der Waals surface area contributed by atoms with Gasteiger partial charge in [-0.2, -0.15) is 0 Å². The van der Waals surface area contributed by atoms with Crippen molar-refractivity contribution in [2.75, 3.05) is 0 Å². The molecule has 1 saturated carbocycles. The Labute approximate surface area is 49.8 Å². The van der Waals surface area contributed by atoms with E-state index in [0.29, 0.717) is 5.54 Å². The fraction of sp³-hybridized carbons (Fsp3) is 1.00. The Bertz CT molecular complexity index is 60.7. The number of nitrogens with one attached hydrogen (secondary N) is 1. The molecule has 7 heavy (non-hydrogen) atoms. The summed E-state index contributed by atoms with van der Waals surface area (Å²) in [6, 6.07) is 0. The van der Waals surface area contributed by atoms with E-state index in [2.05, 4.69) is 12.3 Å². The molecule has 0 radical (unpaired) electrons. The van der Waals surface area contributed by atoms with E-state index in [1.807, 2.05) is 0 Å². The van der Waals surface area contributed by atoms with Crippen LogP contribution in [0, 0.1) is 0 Å². The summed E-state index contributed by atoms with van der Waals surface area (Å²) in [5, 5.41) is 0. The van der Waals surface area contributed by atoms with Gasteiger partial charge in [-0.25, -0.2) is 0 Å². The van der Waals surface area contributed by atoms with Crippen molar-refractivity contribution in [2.24, 2.45) is 5.84 Å². The minimum absolute atomic E-state index is 0. The Hall–Kier alpha value is 0.210. The van der Waals surface area contributed by atoms with Crippen LogP contribution in [0.15, 0.2) is 0 Å². The van der Waals surface area contributed by atoms with Crippen LogP contribution < -0.4 is 11.3 Å². The van der Waals surface area contributed by atoms with Gasteiger partial charge < -0.3 is 0 Å². The second-order valence-electron chi connectivity index (χ2n) is 2.20. The summed E-state index contributed by atoms with van der Waals surface area (Å²) >= 11 is 0. The lowest BCUT2D eigenvalue weighted by Crippen LogP contribution is -2.34. The van der Waals surface area contributed by atoms with Crippen molar-refractivity contribution < 1.29 is 0 Å². The molecule has 0 amide bonds. The van der Waals surface area contributed by atoms with Gasteiger partial charge in [0.2, 0.25) is 0 Å². The van der Waals surface area contributed by atoms with E-state index in [4.69, 9.17) is 5.84 Å². The maximum absolute atomic E-state index is 5.12. The molecule has 0 saturated heterocycles. The SMILES string of the molecule is CC1(NN)CC1.Cl. The average Bonchev–Trinajstić information content (AvgIpc) is 2.22. The number of hydrogen-bond donors (Lipinski definition) is 2. The molecule has 3 heteroatoms. The van der Waals surface area contributed by atoms with E-state index in [1.165, 1.54) is 12.8 Å². The predicted molar refractivity (Wildman–Crippen MR) is 32.2 cm³/mol. The fourth-order valence-corrected chi connectivity index (χ4v) is 0.332. The third kappa shape index (κ3) is 1.63. The lowest BCUT2D eigenvalue weighted by Gasteiger charge is -2.00. The van der Waals surface area contributed by atoms with Crippen molar-refractivity contribution in [3.05, 3.63) is 0 Å². The normalized spacial score (nSPS) is 23.1. The van der Waals surface area contributed by atoms with Gasteiger partial charge in [0.25, 0.3) is 0 Å². The highest BCUT2D eigenvalue weighted by Gasteiger charge is 2.35. The summed E-state index contributed by atoms with van der Waals surface area (Å²) in [6.45, 7) is 2.12. The molecule has 1 aliphatic rings. The van der Waals surface area contributed by atoms with Gasteiger partial charge in [-0.1, -0.05) is 0 Å². The summed E-state index contributed by atoms with van der Waals surface area (Å²) in [5.41, 5.74) is 3.03. The quantitative estimate of drug-likeness (QED) is 0.391. The standard InChI is InChI=1S/C4H10N2.ClH/c1-4(6-5)2-3-4;/h6H,2-3,5H2,1H3;1H. The van der Waals surface area contributed by atoms with Gasteiger partial charge in [0, 0.05) is 5.54 Å². The highest BCUT2D eigenvalue weighted by molar-refractivity contribution is 5.85.